The van der Waals surface area contributed by atoms with Crippen molar-refractivity contribution in [3.05, 3.63) is 16.3 Å². The Morgan fingerprint density at radius 2 is 2.21 bits per heavy atom. The zero-order chi connectivity index (χ0) is 10.8. The van der Waals surface area contributed by atoms with E-state index < -0.39 is 26.0 Å². The molecule has 2 nitrogen and oxygen atoms in total. The van der Waals surface area contributed by atoms with E-state index in [0.717, 1.165) is 18.4 Å². The molecule has 0 amide bonds. The molecule has 0 saturated heterocycles. The van der Waals surface area contributed by atoms with Crippen LogP contribution in [0, 0.1) is 0 Å². The standard InChI is InChI=1S/C7H5F3O2SSe/c1-12-6(11)5-4(2-3-13-5)14-7(8,9)10/h2-3H,1H3. The number of alkyl halides is 3. The Morgan fingerprint density at radius 1 is 1.57 bits per heavy atom. The molecule has 0 fully saturated rings. The van der Waals surface area contributed by atoms with Crippen LogP contribution in [0.5, 0.6) is 0 Å². The summed E-state index contributed by atoms with van der Waals surface area (Å²) in [5, 5.41) is -2.79. The van der Waals surface area contributed by atoms with Crippen molar-refractivity contribution >= 4 is 36.7 Å². The van der Waals surface area contributed by atoms with Crippen LogP contribution in [0.3, 0.4) is 0 Å². The number of rotatable bonds is 2. The first kappa shape index (κ1) is 11.6. The summed E-state index contributed by atoms with van der Waals surface area (Å²) in [6.45, 7) is 0. The van der Waals surface area contributed by atoms with Crippen molar-refractivity contribution in [3.8, 4) is 0 Å². The Kier molecular flexibility index (Phi) is 3.58. The Morgan fingerprint density at radius 3 is 2.71 bits per heavy atom. The van der Waals surface area contributed by atoms with Gasteiger partial charge in [0.1, 0.15) is 0 Å². The van der Waals surface area contributed by atoms with E-state index in [2.05, 4.69) is 4.74 Å². The summed E-state index contributed by atoms with van der Waals surface area (Å²) in [6.07, 6.45) is 0. The van der Waals surface area contributed by atoms with E-state index in [4.69, 9.17) is 0 Å². The number of hydrogen-bond donors (Lipinski definition) is 0. The third-order valence-electron chi connectivity index (χ3n) is 1.23. The molecule has 1 heterocycles. The van der Waals surface area contributed by atoms with Gasteiger partial charge in [-0.2, -0.15) is 0 Å². The minimum absolute atomic E-state index is 0.0295. The predicted octanol–water partition coefficient (Wildman–Crippen LogP) is 1.38. The van der Waals surface area contributed by atoms with Gasteiger partial charge >= 0.3 is 87.9 Å². The monoisotopic (exact) mass is 290 g/mol. The molecule has 7 heteroatoms. The summed E-state index contributed by atoms with van der Waals surface area (Å²) in [5.41, 5.74) is 0. The second kappa shape index (κ2) is 4.33. The molecule has 14 heavy (non-hydrogen) atoms. The Balaban J connectivity index is 2.88. The number of thiophene rings is 1. The molecule has 0 unspecified atom stereocenters. The van der Waals surface area contributed by atoms with Crippen molar-refractivity contribution in [2.75, 3.05) is 7.11 Å². The number of methoxy groups -OCH3 is 1. The van der Waals surface area contributed by atoms with Gasteiger partial charge in [-0.25, -0.2) is 0 Å². The number of halogens is 3. The summed E-state index contributed by atoms with van der Waals surface area (Å²) in [4.78, 5) is 11.1. The molecule has 0 aliphatic carbocycles. The van der Waals surface area contributed by atoms with Gasteiger partial charge in [0.25, 0.3) is 0 Å². The van der Waals surface area contributed by atoms with E-state index in [9.17, 15) is 18.0 Å². The van der Waals surface area contributed by atoms with Crippen LogP contribution in [0.4, 0.5) is 13.2 Å². The van der Waals surface area contributed by atoms with Crippen LogP contribution in [0.25, 0.3) is 0 Å². The fraction of sp³-hybridized carbons (Fsp3) is 0.286. The van der Waals surface area contributed by atoms with Crippen LogP contribution < -0.4 is 4.46 Å². The zero-order valence-electron chi connectivity index (χ0n) is 6.92. The summed E-state index contributed by atoms with van der Waals surface area (Å²) in [6, 6.07) is 1.31. The fourth-order valence-electron chi connectivity index (χ4n) is 0.744. The van der Waals surface area contributed by atoms with Gasteiger partial charge in [-0.05, 0) is 0 Å². The molecule has 0 aliphatic rings. The third kappa shape index (κ3) is 3.01. The first-order chi connectivity index (χ1) is 6.44. The van der Waals surface area contributed by atoms with Crippen LogP contribution in [-0.2, 0) is 4.74 Å². The van der Waals surface area contributed by atoms with E-state index in [-0.39, 0.29) is 9.34 Å². The average Bonchev–Trinajstić information content (AvgIpc) is 2.48. The van der Waals surface area contributed by atoms with E-state index in [1.807, 2.05) is 0 Å². The third-order valence-corrected chi connectivity index (χ3v) is 4.07. The molecule has 0 spiro atoms. The van der Waals surface area contributed by atoms with Crippen molar-refractivity contribution in [1.82, 2.24) is 0 Å². The first-order valence-corrected chi connectivity index (χ1v) is 5.95. The first-order valence-electron chi connectivity index (χ1n) is 3.35. The van der Waals surface area contributed by atoms with Gasteiger partial charge < -0.3 is 0 Å². The molecule has 0 saturated carbocycles. The number of carbonyl (C=O) groups is 1. The molecule has 0 radical (unpaired) electrons. The van der Waals surface area contributed by atoms with Crippen molar-refractivity contribution in [2.45, 2.75) is 5.07 Å². The zero-order valence-corrected chi connectivity index (χ0v) is 9.45. The molecular weight excluding hydrogens is 284 g/mol. The van der Waals surface area contributed by atoms with Crippen LogP contribution in [-0.4, -0.2) is 33.1 Å². The Hall–Kier alpha value is -0.521. The molecule has 78 valence electrons. The minimum atomic E-state index is -4.24. The normalized spacial score (nSPS) is 11.4. The van der Waals surface area contributed by atoms with Gasteiger partial charge in [-0.1, -0.05) is 0 Å². The quantitative estimate of drug-likeness (QED) is 0.607. The maximum atomic E-state index is 12.0. The second-order valence-corrected chi connectivity index (χ2v) is 5.39. The van der Waals surface area contributed by atoms with Crippen LogP contribution in [0.2, 0.25) is 0 Å². The number of esters is 1. The second-order valence-electron chi connectivity index (χ2n) is 2.15. The molecule has 0 N–H and O–H groups in total. The van der Waals surface area contributed by atoms with Gasteiger partial charge in [-0.3, -0.25) is 0 Å². The Labute approximate surface area is 88.2 Å². The van der Waals surface area contributed by atoms with Crippen LogP contribution >= 0.6 is 11.3 Å². The molecular formula is C7H5F3O2SSe. The maximum absolute atomic E-state index is 12.0. The molecule has 1 aromatic rings. The van der Waals surface area contributed by atoms with Gasteiger partial charge in [0.05, 0.1) is 0 Å². The topological polar surface area (TPSA) is 26.3 Å². The van der Waals surface area contributed by atoms with E-state index >= 15 is 0 Å². The van der Waals surface area contributed by atoms with Crippen LogP contribution in [0.15, 0.2) is 11.4 Å². The van der Waals surface area contributed by atoms with E-state index in [1.54, 1.807) is 0 Å². The van der Waals surface area contributed by atoms with Gasteiger partial charge in [0.2, 0.25) is 0 Å². The van der Waals surface area contributed by atoms with Crippen LogP contribution in [0.1, 0.15) is 9.67 Å². The Bertz CT molecular complexity index is 334. The SMILES string of the molecule is COC(=O)c1sccc1[Se]C(F)(F)F. The fourth-order valence-corrected chi connectivity index (χ4v) is 3.34. The molecule has 0 atom stereocenters. The van der Waals surface area contributed by atoms with E-state index in [1.165, 1.54) is 11.4 Å². The van der Waals surface area contributed by atoms with Gasteiger partial charge in [-0.15, -0.1) is 0 Å². The van der Waals surface area contributed by atoms with Crippen molar-refractivity contribution in [3.63, 3.8) is 0 Å². The molecule has 1 rings (SSSR count). The average molecular weight is 289 g/mol. The molecule has 0 aliphatic heterocycles. The van der Waals surface area contributed by atoms with Crippen molar-refractivity contribution < 1.29 is 22.7 Å². The van der Waals surface area contributed by atoms with Gasteiger partial charge in [0, 0.05) is 0 Å². The number of hydrogen-bond acceptors (Lipinski definition) is 3. The molecule has 0 aromatic carbocycles. The van der Waals surface area contributed by atoms with Crippen molar-refractivity contribution in [2.24, 2.45) is 0 Å². The summed E-state index contributed by atoms with van der Waals surface area (Å²) in [7, 11) is 1.15. The predicted molar refractivity (Wildman–Crippen MR) is 47.1 cm³/mol. The molecule has 0 bridgehead atoms. The van der Waals surface area contributed by atoms with Crippen molar-refractivity contribution in [1.29, 1.82) is 0 Å². The summed E-state index contributed by atoms with van der Waals surface area (Å²) >= 11 is -0.720. The van der Waals surface area contributed by atoms with E-state index in [0.29, 0.717) is 0 Å². The molecule has 1 aromatic heterocycles. The van der Waals surface area contributed by atoms with Gasteiger partial charge in [0.15, 0.2) is 0 Å². The summed E-state index contributed by atoms with van der Waals surface area (Å²) in [5.74, 6) is -0.707. The number of carbonyl (C=O) groups excluding carboxylic acids is 1. The summed E-state index contributed by atoms with van der Waals surface area (Å²) < 4.78 is 40.5. The number of ether oxygens (including phenoxy) is 1.